The standard InChI is InChI=1S/C3H5Br2NO3/c1-3(7,2(4)5)6(8)9/h2,7H,1H3. The Labute approximate surface area is 68.7 Å². The van der Waals surface area contributed by atoms with Gasteiger partial charge in [0.25, 0.3) is 0 Å². The van der Waals surface area contributed by atoms with E-state index in [0.29, 0.717) is 0 Å². The maximum atomic E-state index is 9.96. The van der Waals surface area contributed by atoms with E-state index in [2.05, 4.69) is 31.9 Å². The second-order valence-corrected chi connectivity index (χ2v) is 4.71. The first-order valence-electron chi connectivity index (χ1n) is 2.04. The lowest BCUT2D eigenvalue weighted by Gasteiger charge is -2.14. The highest BCUT2D eigenvalue weighted by Crippen LogP contribution is 2.23. The number of nitrogens with zero attached hydrogens (tertiary/aromatic N) is 1. The van der Waals surface area contributed by atoms with Gasteiger partial charge in [-0.1, -0.05) is 31.9 Å². The minimum atomic E-state index is -1.94. The number of rotatable bonds is 2. The maximum Gasteiger partial charge on any atom is 0.341 e. The van der Waals surface area contributed by atoms with Crippen molar-refractivity contribution in [2.75, 3.05) is 0 Å². The van der Waals surface area contributed by atoms with Crippen molar-refractivity contribution in [3.8, 4) is 0 Å². The molecule has 0 aliphatic heterocycles. The molecule has 0 amide bonds. The molecule has 6 heteroatoms. The van der Waals surface area contributed by atoms with Crippen LogP contribution in [-0.2, 0) is 0 Å². The molecule has 0 spiro atoms. The fraction of sp³-hybridized carbons (Fsp3) is 1.00. The van der Waals surface area contributed by atoms with Crippen LogP contribution in [0.4, 0.5) is 0 Å². The third kappa shape index (κ3) is 2.19. The zero-order valence-electron chi connectivity index (χ0n) is 4.54. The quantitative estimate of drug-likeness (QED) is 0.351. The normalized spacial score (nSPS) is 17.4. The maximum absolute atomic E-state index is 9.96. The summed E-state index contributed by atoms with van der Waals surface area (Å²) in [4.78, 5) is 9.18. The highest BCUT2D eigenvalue weighted by Gasteiger charge is 2.40. The number of nitro groups is 1. The van der Waals surface area contributed by atoms with Crippen molar-refractivity contribution in [1.29, 1.82) is 0 Å². The van der Waals surface area contributed by atoms with Gasteiger partial charge in [0.15, 0.2) is 3.74 Å². The molecule has 0 bridgehead atoms. The molecule has 1 N–H and O–H groups in total. The Bertz CT molecular complexity index is 124. The van der Waals surface area contributed by atoms with Crippen LogP contribution in [0.3, 0.4) is 0 Å². The van der Waals surface area contributed by atoms with E-state index in [1.54, 1.807) is 0 Å². The van der Waals surface area contributed by atoms with Crippen LogP contribution in [0.1, 0.15) is 6.92 Å². The van der Waals surface area contributed by atoms with Crippen molar-refractivity contribution >= 4 is 31.9 Å². The molecule has 0 aliphatic carbocycles. The first-order valence-corrected chi connectivity index (χ1v) is 3.87. The monoisotopic (exact) mass is 261 g/mol. The van der Waals surface area contributed by atoms with Crippen LogP contribution in [0, 0.1) is 10.1 Å². The van der Waals surface area contributed by atoms with Gasteiger partial charge in [0, 0.05) is 6.92 Å². The molecular formula is C3H5Br2NO3. The first kappa shape index (κ1) is 9.32. The Kier molecular flexibility index (Phi) is 3.04. The zero-order chi connectivity index (χ0) is 7.65. The van der Waals surface area contributed by atoms with Gasteiger partial charge in [-0.05, 0) is 0 Å². The third-order valence-electron chi connectivity index (χ3n) is 0.783. The van der Waals surface area contributed by atoms with E-state index in [1.165, 1.54) is 0 Å². The van der Waals surface area contributed by atoms with Gasteiger partial charge in [-0.25, -0.2) is 0 Å². The smallest absolute Gasteiger partial charge is 0.329 e. The Balaban J connectivity index is 4.19. The second kappa shape index (κ2) is 2.94. The minimum absolute atomic E-state index is 0.729. The van der Waals surface area contributed by atoms with E-state index in [4.69, 9.17) is 5.11 Å². The molecule has 0 fully saturated rings. The molecule has 0 saturated heterocycles. The molecular weight excluding hydrogens is 258 g/mol. The summed E-state index contributed by atoms with van der Waals surface area (Å²) >= 11 is 5.64. The lowest BCUT2D eigenvalue weighted by Crippen LogP contribution is -2.40. The van der Waals surface area contributed by atoms with Crippen LogP contribution >= 0.6 is 31.9 Å². The fourth-order valence-corrected chi connectivity index (χ4v) is 0.414. The third-order valence-corrected chi connectivity index (χ3v) is 2.52. The number of alkyl halides is 2. The van der Waals surface area contributed by atoms with E-state index in [1.807, 2.05) is 0 Å². The molecule has 54 valence electrons. The molecule has 4 nitrogen and oxygen atoms in total. The van der Waals surface area contributed by atoms with Gasteiger partial charge in [0.1, 0.15) is 0 Å². The van der Waals surface area contributed by atoms with Crippen molar-refractivity contribution in [1.82, 2.24) is 0 Å². The van der Waals surface area contributed by atoms with E-state index in [-0.39, 0.29) is 0 Å². The molecule has 0 aromatic carbocycles. The summed E-state index contributed by atoms with van der Waals surface area (Å²) in [5, 5.41) is 18.8. The van der Waals surface area contributed by atoms with Crippen LogP contribution in [0.25, 0.3) is 0 Å². The Morgan fingerprint density at radius 2 is 2.11 bits per heavy atom. The predicted molar refractivity (Wildman–Crippen MR) is 39.3 cm³/mol. The van der Waals surface area contributed by atoms with Crippen molar-refractivity contribution in [3.05, 3.63) is 10.1 Å². The highest BCUT2D eigenvalue weighted by molar-refractivity contribution is 9.24. The van der Waals surface area contributed by atoms with Crippen LogP contribution in [-0.4, -0.2) is 19.5 Å². The number of hydrogen-bond donors (Lipinski definition) is 1. The average Bonchev–Trinajstić information content (AvgIpc) is 1.65. The summed E-state index contributed by atoms with van der Waals surface area (Å²) in [5.74, 6) is 0. The van der Waals surface area contributed by atoms with Gasteiger partial charge in [0.2, 0.25) is 0 Å². The van der Waals surface area contributed by atoms with Gasteiger partial charge < -0.3 is 5.11 Å². The topological polar surface area (TPSA) is 63.4 Å². The summed E-state index contributed by atoms with van der Waals surface area (Å²) < 4.78 is -0.729. The summed E-state index contributed by atoms with van der Waals surface area (Å²) in [5.41, 5.74) is -1.94. The van der Waals surface area contributed by atoms with Crippen LogP contribution in [0.5, 0.6) is 0 Å². The van der Waals surface area contributed by atoms with E-state index in [0.717, 1.165) is 6.92 Å². The molecule has 0 aromatic heterocycles. The van der Waals surface area contributed by atoms with E-state index >= 15 is 0 Å². The summed E-state index contributed by atoms with van der Waals surface area (Å²) in [6, 6.07) is 0. The van der Waals surface area contributed by atoms with Crippen LogP contribution in [0.15, 0.2) is 0 Å². The SMILES string of the molecule is CC(O)(C(Br)Br)[N+](=O)[O-]. The summed E-state index contributed by atoms with van der Waals surface area (Å²) in [7, 11) is 0. The Hall–Kier alpha value is 0.320. The number of hydrogen-bond acceptors (Lipinski definition) is 3. The number of aliphatic hydroxyl groups is 1. The van der Waals surface area contributed by atoms with Crippen LogP contribution in [0.2, 0.25) is 0 Å². The molecule has 0 aromatic rings. The van der Waals surface area contributed by atoms with Crippen LogP contribution < -0.4 is 0 Å². The average molecular weight is 263 g/mol. The van der Waals surface area contributed by atoms with E-state index in [9.17, 15) is 10.1 Å². The molecule has 1 unspecified atom stereocenters. The van der Waals surface area contributed by atoms with Gasteiger partial charge in [0.05, 0.1) is 4.92 Å². The van der Waals surface area contributed by atoms with Crippen molar-refractivity contribution in [3.63, 3.8) is 0 Å². The van der Waals surface area contributed by atoms with Gasteiger partial charge in [-0.15, -0.1) is 0 Å². The molecule has 0 saturated carbocycles. The van der Waals surface area contributed by atoms with E-state index < -0.39 is 14.4 Å². The molecule has 0 aliphatic rings. The molecule has 9 heavy (non-hydrogen) atoms. The number of halogens is 2. The largest absolute Gasteiger partial charge is 0.341 e. The lowest BCUT2D eigenvalue weighted by atomic mass is 10.3. The highest BCUT2D eigenvalue weighted by atomic mass is 79.9. The minimum Gasteiger partial charge on any atom is -0.329 e. The van der Waals surface area contributed by atoms with Gasteiger partial charge >= 0.3 is 5.72 Å². The van der Waals surface area contributed by atoms with Crippen molar-refractivity contribution < 1.29 is 10.0 Å². The van der Waals surface area contributed by atoms with Gasteiger partial charge in [-0.3, -0.25) is 10.1 Å². The first-order chi connectivity index (χ1) is 3.89. The predicted octanol–water partition coefficient (Wildman–Crippen LogP) is 1.09. The second-order valence-electron chi connectivity index (χ2n) is 1.65. The van der Waals surface area contributed by atoms with Crippen molar-refractivity contribution in [2.24, 2.45) is 0 Å². The van der Waals surface area contributed by atoms with Gasteiger partial charge in [-0.2, -0.15) is 0 Å². The lowest BCUT2D eigenvalue weighted by molar-refractivity contribution is -0.613. The summed E-state index contributed by atoms with van der Waals surface area (Å²) in [6.45, 7) is 1.10. The van der Waals surface area contributed by atoms with Crippen molar-refractivity contribution in [2.45, 2.75) is 16.4 Å². The Morgan fingerprint density at radius 1 is 1.78 bits per heavy atom. The zero-order valence-corrected chi connectivity index (χ0v) is 7.72. The Morgan fingerprint density at radius 3 is 2.11 bits per heavy atom. The molecule has 0 radical (unpaired) electrons. The molecule has 1 atom stereocenters. The molecule has 0 heterocycles. The fourth-order valence-electron chi connectivity index (χ4n) is 0.0797. The molecule has 0 rings (SSSR count). The summed E-state index contributed by atoms with van der Waals surface area (Å²) in [6.07, 6.45) is 0.